The third-order valence-electron chi connectivity index (χ3n) is 6.24. The van der Waals surface area contributed by atoms with Gasteiger partial charge < -0.3 is 15.6 Å². The van der Waals surface area contributed by atoms with Crippen LogP contribution in [0.2, 0.25) is 0 Å². The number of fused-ring (bicyclic) bond motifs is 2. The summed E-state index contributed by atoms with van der Waals surface area (Å²) in [7, 11) is 0. The van der Waals surface area contributed by atoms with E-state index in [0.29, 0.717) is 16.9 Å². The Morgan fingerprint density at radius 1 is 1.06 bits per heavy atom. The number of carbonyl (C=O) groups is 1. The van der Waals surface area contributed by atoms with Crippen LogP contribution in [0.25, 0.3) is 21.9 Å². The third kappa shape index (κ3) is 3.88. The number of aliphatic carboxylic acids is 1. The molecule has 5 rings (SSSR count). The molecule has 4 aromatic carbocycles. The number of anilines is 1. The van der Waals surface area contributed by atoms with Gasteiger partial charge >= 0.3 is 5.97 Å². The van der Waals surface area contributed by atoms with E-state index >= 15 is 0 Å². The molecule has 1 aliphatic rings. The number of benzene rings is 4. The monoisotopic (exact) mass is 434 g/mol. The molecule has 162 valence electrons. The first-order valence-corrected chi connectivity index (χ1v) is 10.9. The van der Waals surface area contributed by atoms with Crippen molar-refractivity contribution in [3.8, 4) is 22.9 Å². The van der Waals surface area contributed by atoms with E-state index in [4.69, 9.17) is 10.5 Å². The molecule has 0 bridgehead atoms. The molecule has 0 spiro atoms. The van der Waals surface area contributed by atoms with E-state index in [0.717, 1.165) is 46.0 Å². The fraction of sp³-hybridized carbons (Fsp3) is 0.143. The Kier molecular flexibility index (Phi) is 5.20. The smallest absolute Gasteiger partial charge is 0.307 e. The summed E-state index contributed by atoms with van der Waals surface area (Å²) in [4.78, 5) is 11.3. The number of hydrogen-bond donors (Lipinski definition) is 2. The molecule has 33 heavy (non-hydrogen) atoms. The minimum atomic E-state index is -0.959. The summed E-state index contributed by atoms with van der Waals surface area (Å²) in [6.07, 6.45) is 1.21. The molecule has 0 heterocycles. The number of carboxylic acid groups (broad SMARTS) is 1. The van der Waals surface area contributed by atoms with Crippen LogP contribution in [0.1, 0.15) is 34.8 Å². The largest absolute Gasteiger partial charge is 0.484 e. The van der Waals surface area contributed by atoms with E-state index in [1.54, 1.807) is 18.2 Å². The Bertz CT molecular complexity index is 1440. The first kappa shape index (κ1) is 20.6. The number of nitriles is 1. The summed E-state index contributed by atoms with van der Waals surface area (Å²) in [5.41, 5.74) is 12.2. The Morgan fingerprint density at radius 3 is 2.67 bits per heavy atom. The fourth-order valence-electron chi connectivity index (χ4n) is 4.60. The van der Waals surface area contributed by atoms with Crippen molar-refractivity contribution in [2.45, 2.75) is 25.4 Å². The number of nitrogens with two attached hydrogens (primary N) is 1. The average Bonchev–Trinajstić information content (AvgIpc) is 3.22. The van der Waals surface area contributed by atoms with Crippen molar-refractivity contribution in [2.75, 3.05) is 5.73 Å². The zero-order valence-electron chi connectivity index (χ0n) is 17.9. The van der Waals surface area contributed by atoms with E-state index in [1.165, 1.54) is 5.56 Å². The lowest BCUT2D eigenvalue weighted by Crippen LogP contribution is -2.09. The molecular weight excluding hydrogens is 412 g/mol. The Labute approximate surface area is 191 Å². The SMILES string of the molecule is N#Cc1cccc(CC(=O)O)c1O[C@@H]1CCc2ccc(-c3ccc4cccc(N)c4c3)cc21. The molecule has 5 heteroatoms. The second-order valence-electron chi connectivity index (χ2n) is 8.32. The van der Waals surface area contributed by atoms with Crippen LogP contribution in [-0.4, -0.2) is 11.1 Å². The molecule has 3 N–H and O–H groups in total. The van der Waals surface area contributed by atoms with Gasteiger partial charge in [-0.1, -0.05) is 48.5 Å². The number of aryl methyl sites for hydroxylation is 1. The molecule has 4 aromatic rings. The first-order chi connectivity index (χ1) is 16.0. The molecule has 0 unspecified atom stereocenters. The van der Waals surface area contributed by atoms with Gasteiger partial charge in [-0.15, -0.1) is 0 Å². The third-order valence-corrected chi connectivity index (χ3v) is 6.24. The minimum Gasteiger partial charge on any atom is -0.484 e. The summed E-state index contributed by atoms with van der Waals surface area (Å²) < 4.78 is 6.33. The van der Waals surface area contributed by atoms with Crippen molar-refractivity contribution in [3.05, 3.63) is 95.1 Å². The summed E-state index contributed by atoms with van der Waals surface area (Å²) in [6, 6.07) is 25.7. The maximum absolute atomic E-state index is 11.3. The normalized spacial score (nSPS) is 14.6. The maximum Gasteiger partial charge on any atom is 0.307 e. The molecule has 0 amide bonds. The van der Waals surface area contributed by atoms with Gasteiger partial charge in [0.05, 0.1) is 12.0 Å². The predicted octanol–water partition coefficient (Wildman–Crippen LogP) is 5.65. The maximum atomic E-state index is 11.3. The van der Waals surface area contributed by atoms with Crippen molar-refractivity contribution in [3.63, 3.8) is 0 Å². The van der Waals surface area contributed by atoms with Gasteiger partial charge in [0.15, 0.2) is 0 Å². The zero-order chi connectivity index (χ0) is 22.9. The summed E-state index contributed by atoms with van der Waals surface area (Å²) in [5.74, 6) is -0.594. The van der Waals surface area contributed by atoms with Gasteiger partial charge in [0.25, 0.3) is 0 Å². The minimum absolute atomic E-state index is 0.191. The number of carboxylic acids is 1. The Hall–Kier alpha value is -4.30. The number of para-hydroxylation sites is 1. The average molecular weight is 434 g/mol. The standard InChI is InChI=1S/C28H22N2O3/c29-16-22-5-1-4-21(15-27(31)32)28(22)33-26-12-11-18-8-10-20(14-24(18)26)19-9-7-17-3-2-6-25(30)23(17)13-19/h1-10,13-14,26H,11-12,15,30H2,(H,31,32)/t26-/m1/s1. The second-order valence-corrected chi connectivity index (χ2v) is 8.32. The van der Waals surface area contributed by atoms with Crippen LogP contribution < -0.4 is 10.5 Å². The molecule has 0 radical (unpaired) electrons. The Morgan fingerprint density at radius 2 is 1.85 bits per heavy atom. The van der Waals surface area contributed by atoms with Crippen molar-refractivity contribution in [2.24, 2.45) is 0 Å². The summed E-state index contributed by atoms with van der Waals surface area (Å²) in [6.45, 7) is 0. The van der Waals surface area contributed by atoms with Crippen molar-refractivity contribution >= 4 is 22.4 Å². The van der Waals surface area contributed by atoms with E-state index in [-0.39, 0.29) is 12.5 Å². The van der Waals surface area contributed by atoms with Crippen LogP contribution in [0.15, 0.2) is 72.8 Å². The molecular formula is C28H22N2O3. The van der Waals surface area contributed by atoms with Crippen LogP contribution in [0.3, 0.4) is 0 Å². The summed E-state index contributed by atoms with van der Waals surface area (Å²) >= 11 is 0. The molecule has 5 nitrogen and oxygen atoms in total. The Balaban J connectivity index is 1.52. The van der Waals surface area contributed by atoms with E-state index in [2.05, 4.69) is 42.5 Å². The summed E-state index contributed by atoms with van der Waals surface area (Å²) in [5, 5.41) is 21.0. The van der Waals surface area contributed by atoms with E-state index in [9.17, 15) is 15.2 Å². The lowest BCUT2D eigenvalue weighted by Gasteiger charge is -2.19. The van der Waals surface area contributed by atoms with E-state index in [1.807, 2.05) is 18.2 Å². The highest BCUT2D eigenvalue weighted by Gasteiger charge is 2.27. The van der Waals surface area contributed by atoms with Crippen LogP contribution in [0, 0.1) is 11.3 Å². The van der Waals surface area contributed by atoms with E-state index < -0.39 is 5.97 Å². The van der Waals surface area contributed by atoms with Gasteiger partial charge in [0.2, 0.25) is 0 Å². The lowest BCUT2D eigenvalue weighted by atomic mass is 9.97. The zero-order valence-corrected chi connectivity index (χ0v) is 17.9. The number of hydrogen-bond acceptors (Lipinski definition) is 4. The predicted molar refractivity (Wildman–Crippen MR) is 128 cm³/mol. The van der Waals surface area contributed by atoms with Crippen LogP contribution >= 0.6 is 0 Å². The van der Waals surface area contributed by atoms with Crippen LogP contribution in [0.4, 0.5) is 5.69 Å². The highest BCUT2D eigenvalue weighted by molar-refractivity contribution is 5.95. The van der Waals surface area contributed by atoms with Crippen molar-refractivity contribution in [1.29, 1.82) is 5.26 Å². The molecule has 0 aromatic heterocycles. The van der Waals surface area contributed by atoms with Crippen molar-refractivity contribution < 1.29 is 14.6 Å². The fourth-order valence-corrected chi connectivity index (χ4v) is 4.60. The number of nitrogen functional groups attached to an aromatic ring is 1. The van der Waals surface area contributed by atoms with Gasteiger partial charge in [-0.05, 0) is 64.7 Å². The molecule has 0 aliphatic heterocycles. The lowest BCUT2D eigenvalue weighted by molar-refractivity contribution is -0.136. The van der Waals surface area contributed by atoms with Crippen LogP contribution in [-0.2, 0) is 17.6 Å². The molecule has 0 saturated heterocycles. The quantitative estimate of drug-likeness (QED) is 0.396. The van der Waals surface area contributed by atoms with Gasteiger partial charge in [0, 0.05) is 16.6 Å². The second kappa shape index (κ2) is 8.33. The van der Waals surface area contributed by atoms with Crippen LogP contribution in [0.5, 0.6) is 5.75 Å². The highest BCUT2D eigenvalue weighted by atomic mass is 16.5. The van der Waals surface area contributed by atoms with Gasteiger partial charge in [-0.2, -0.15) is 5.26 Å². The van der Waals surface area contributed by atoms with Gasteiger partial charge in [-0.3, -0.25) is 4.79 Å². The van der Waals surface area contributed by atoms with Gasteiger partial charge in [-0.25, -0.2) is 0 Å². The number of ether oxygens (including phenoxy) is 1. The van der Waals surface area contributed by atoms with Gasteiger partial charge in [0.1, 0.15) is 17.9 Å². The number of rotatable bonds is 5. The molecule has 0 fully saturated rings. The number of nitrogens with zero attached hydrogens (tertiary/aromatic N) is 1. The molecule has 1 atom stereocenters. The highest BCUT2D eigenvalue weighted by Crippen LogP contribution is 2.40. The topological polar surface area (TPSA) is 96.3 Å². The van der Waals surface area contributed by atoms with Crippen molar-refractivity contribution in [1.82, 2.24) is 0 Å². The first-order valence-electron chi connectivity index (χ1n) is 10.9. The molecule has 1 aliphatic carbocycles. The molecule has 0 saturated carbocycles.